The molecular weight excluding hydrogens is 358 g/mol. The van der Waals surface area contributed by atoms with E-state index in [0.29, 0.717) is 52.4 Å². The lowest BCUT2D eigenvalue weighted by Gasteiger charge is -2.36. The highest BCUT2D eigenvalue weighted by atomic mass is 16.5. The SMILES string of the molecule is O=C(Cc1ccccc1)NCCC(=O)N1CCCC(C(=O)N2CCOCC2)C1. The molecule has 0 spiro atoms. The van der Waals surface area contributed by atoms with Gasteiger partial charge in [-0.25, -0.2) is 0 Å². The van der Waals surface area contributed by atoms with Gasteiger partial charge in [0.05, 0.1) is 25.6 Å². The van der Waals surface area contributed by atoms with Gasteiger partial charge in [0.25, 0.3) is 0 Å². The molecule has 7 heteroatoms. The predicted octanol–water partition coefficient (Wildman–Crippen LogP) is 0.833. The lowest BCUT2D eigenvalue weighted by atomic mass is 9.96. The quantitative estimate of drug-likeness (QED) is 0.784. The Kier molecular flexibility index (Phi) is 7.42. The Balaban J connectivity index is 1.40. The van der Waals surface area contributed by atoms with Crippen LogP contribution in [0.5, 0.6) is 0 Å². The van der Waals surface area contributed by atoms with Crippen LogP contribution in [0.4, 0.5) is 0 Å². The van der Waals surface area contributed by atoms with E-state index < -0.39 is 0 Å². The van der Waals surface area contributed by atoms with Crippen molar-refractivity contribution in [2.45, 2.75) is 25.7 Å². The molecule has 1 N–H and O–H groups in total. The maximum absolute atomic E-state index is 12.7. The summed E-state index contributed by atoms with van der Waals surface area (Å²) in [5.74, 6) is -0.0714. The maximum atomic E-state index is 12.7. The number of ether oxygens (including phenoxy) is 1. The van der Waals surface area contributed by atoms with Gasteiger partial charge >= 0.3 is 0 Å². The number of nitrogens with one attached hydrogen (secondary N) is 1. The van der Waals surface area contributed by atoms with Gasteiger partial charge < -0.3 is 19.9 Å². The van der Waals surface area contributed by atoms with Gasteiger partial charge in [0.1, 0.15) is 0 Å². The first kappa shape index (κ1) is 20.3. The molecule has 0 aromatic heterocycles. The number of carbonyl (C=O) groups excluding carboxylic acids is 3. The summed E-state index contributed by atoms with van der Waals surface area (Å²) in [5, 5.41) is 2.81. The number of nitrogens with zero attached hydrogens (tertiary/aromatic N) is 2. The van der Waals surface area contributed by atoms with E-state index in [2.05, 4.69) is 5.32 Å². The molecule has 0 radical (unpaired) electrons. The van der Waals surface area contributed by atoms with Crippen LogP contribution in [0.25, 0.3) is 0 Å². The van der Waals surface area contributed by atoms with Crippen LogP contribution >= 0.6 is 0 Å². The average molecular weight is 387 g/mol. The summed E-state index contributed by atoms with van der Waals surface area (Å²) in [7, 11) is 0. The zero-order chi connectivity index (χ0) is 19.8. The lowest BCUT2D eigenvalue weighted by molar-refractivity contribution is -0.143. The Morgan fingerprint density at radius 3 is 2.54 bits per heavy atom. The number of amides is 3. The molecular formula is C21H29N3O4. The Hall–Kier alpha value is -2.41. The van der Waals surface area contributed by atoms with E-state index in [9.17, 15) is 14.4 Å². The Labute approximate surface area is 166 Å². The summed E-state index contributed by atoms with van der Waals surface area (Å²) in [4.78, 5) is 40.8. The molecule has 2 fully saturated rings. The van der Waals surface area contributed by atoms with Crippen LogP contribution in [0.2, 0.25) is 0 Å². The van der Waals surface area contributed by atoms with Crippen molar-refractivity contribution >= 4 is 17.7 Å². The largest absolute Gasteiger partial charge is 0.378 e. The van der Waals surface area contributed by atoms with Crippen molar-refractivity contribution in [2.75, 3.05) is 45.9 Å². The minimum atomic E-state index is -0.122. The van der Waals surface area contributed by atoms with E-state index in [4.69, 9.17) is 4.74 Å². The summed E-state index contributed by atoms with van der Waals surface area (Å²) in [6.45, 7) is 3.93. The zero-order valence-corrected chi connectivity index (χ0v) is 16.3. The number of carbonyl (C=O) groups is 3. The lowest BCUT2D eigenvalue weighted by Crippen LogP contribution is -2.49. The number of piperidine rings is 1. The van der Waals surface area contributed by atoms with Gasteiger partial charge in [0, 0.05) is 39.1 Å². The third-order valence-electron chi connectivity index (χ3n) is 5.31. The zero-order valence-electron chi connectivity index (χ0n) is 16.3. The van der Waals surface area contributed by atoms with Crippen LogP contribution in [0.15, 0.2) is 30.3 Å². The summed E-state index contributed by atoms with van der Waals surface area (Å²) in [6.07, 6.45) is 2.24. The predicted molar refractivity (Wildman–Crippen MR) is 104 cm³/mol. The van der Waals surface area contributed by atoms with Gasteiger partial charge in [-0.1, -0.05) is 30.3 Å². The second-order valence-electron chi connectivity index (χ2n) is 7.38. The number of rotatable bonds is 6. The van der Waals surface area contributed by atoms with Crippen molar-refractivity contribution in [3.63, 3.8) is 0 Å². The van der Waals surface area contributed by atoms with E-state index in [1.54, 1.807) is 4.90 Å². The maximum Gasteiger partial charge on any atom is 0.227 e. The van der Waals surface area contributed by atoms with Crippen molar-refractivity contribution in [3.05, 3.63) is 35.9 Å². The Morgan fingerprint density at radius 2 is 1.79 bits per heavy atom. The molecule has 2 aliphatic heterocycles. The van der Waals surface area contributed by atoms with Gasteiger partial charge in [-0.2, -0.15) is 0 Å². The second kappa shape index (κ2) is 10.2. The molecule has 1 aromatic rings. The summed E-state index contributed by atoms with van der Waals surface area (Å²) < 4.78 is 5.30. The van der Waals surface area contributed by atoms with E-state index in [1.807, 2.05) is 35.2 Å². The molecule has 152 valence electrons. The van der Waals surface area contributed by atoms with Gasteiger partial charge in [-0.05, 0) is 18.4 Å². The van der Waals surface area contributed by atoms with Crippen molar-refractivity contribution in [1.29, 1.82) is 0 Å². The Morgan fingerprint density at radius 1 is 1.04 bits per heavy atom. The Bertz CT molecular complexity index is 673. The van der Waals surface area contributed by atoms with Crippen LogP contribution in [-0.4, -0.2) is 73.5 Å². The summed E-state index contributed by atoms with van der Waals surface area (Å²) >= 11 is 0. The van der Waals surface area contributed by atoms with E-state index in [0.717, 1.165) is 18.4 Å². The van der Waals surface area contributed by atoms with Crippen LogP contribution < -0.4 is 5.32 Å². The first-order valence-corrected chi connectivity index (χ1v) is 10.1. The molecule has 28 heavy (non-hydrogen) atoms. The first-order chi connectivity index (χ1) is 13.6. The number of likely N-dealkylation sites (tertiary alicyclic amines) is 1. The summed E-state index contributed by atoms with van der Waals surface area (Å²) in [6, 6.07) is 9.53. The standard InChI is InChI=1S/C21H29N3O4/c25-19(15-17-5-2-1-3-6-17)22-9-8-20(26)24-10-4-7-18(16-24)21(27)23-11-13-28-14-12-23/h1-3,5-6,18H,4,7-16H2,(H,22,25). The van der Waals surface area contributed by atoms with Crippen molar-refractivity contribution in [3.8, 4) is 0 Å². The third kappa shape index (κ3) is 5.79. The molecule has 3 amide bonds. The molecule has 2 aliphatic rings. The van der Waals surface area contributed by atoms with Gasteiger partial charge in [0.15, 0.2) is 0 Å². The highest BCUT2D eigenvalue weighted by Gasteiger charge is 2.31. The number of morpholine rings is 1. The molecule has 1 aromatic carbocycles. The van der Waals surface area contributed by atoms with Crippen molar-refractivity contribution < 1.29 is 19.1 Å². The van der Waals surface area contributed by atoms with Crippen LogP contribution in [0.3, 0.4) is 0 Å². The highest BCUT2D eigenvalue weighted by Crippen LogP contribution is 2.20. The number of hydrogen-bond donors (Lipinski definition) is 1. The number of hydrogen-bond acceptors (Lipinski definition) is 4. The van der Waals surface area contributed by atoms with Gasteiger partial charge in [-0.15, -0.1) is 0 Å². The molecule has 7 nitrogen and oxygen atoms in total. The monoisotopic (exact) mass is 387 g/mol. The third-order valence-corrected chi connectivity index (χ3v) is 5.31. The second-order valence-corrected chi connectivity index (χ2v) is 7.38. The first-order valence-electron chi connectivity index (χ1n) is 10.1. The highest BCUT2D eigenvalue weighted by molar-refractivity contribution is 5.82. The van der Waals surface area contributed by atoms with E-state index in [-0.39, 0.29) is 30.1 Å². The molecule has 2 saturated heterocycles. The fourth-order valence-electron chi connectivity index (χ4n) is 3.76. The topological polar surface area (TPSA) is 79.0 Å². The molecule has 0 aliphatic carbocycles. The van der Waals surface area contributed by atoms with Crippen molar-refractivity contribution in [2.24, 2.45) is 5.92 Å². The van der Waals surface area contributed by atoms with Gasteiger partial charge in [-0.3, -0.25) is 14.4 Å². The average Bonchev–Trinajstić information content (AvgIpc) is 2.74. The van der Waals surface area contributed by atoms with Crippen LogP contribution in [-0.2, 0) is 25.5 Å². The number of benzene rings is 1. The smallest absolute Gasteiger partial charge is 0.227 e. The molecule has 2 heterocycles. The van der Waals surface area contributed by atoms with E-state index in [1.165, 1.54) is 0 Å². The fourth-order valence-corrected chi connectivity index (χ4v) is 3.76. The molecule has 0 saturated carbocycles. The molecule has 0 bridgehead atoms. The normalized spacial score (nSPS) is 19.9. The fraction of sp³-hybridized carbons (Fsp3) is 0.571. The molecule has 3 rings (SSSR count). The van der Waals surface area contributed by atoms with Gasteiger partial charge in [0.2, 0.25) is 17.7 Å². The van der Waals surface area contributed by atoms with Crippen LogP contribution in [0, 0.1) is 5.92 Å². The minimum absolute atomic E-state index is 0.000474. The van der Waals surface area contributed by atoms with Crippen LogP contribution in [0.1, 0.15) is 24.8 Å². The van der Waals surface area contributed by atoms with Crippen molar-refractivity contribution in [1.82, 2.24) is 15.1 Å². The molecule has 1 unspecified atom stereocenters. The van der Waals surface area contributed by atoms with E-state index >= 15 is 0 Å². The molecule has 1 atom stereocenters. The minimum Gasteiger partial charge on any atom is -0.378 e. The summed E-state index contributed by atoms with van der Waals surface area (Å²) in [5.41, 5.74) is 0.951.